The van der Waals surface area contributed by atoms with E-state index in [2.05, 4.69) is 10.2 Å². The molecule has 25 heavy (non-hydrogen) atoms. The molecule has 0 bridgehead atoms. The lowest BCUT2D eigenvalue weighted by Crippen LogP contribution is -2.11. The van der Waals surface area contributed by atoms with Crippen molar-refractivity contribution in [2.45, 2.75) is 19.3 Å². The Bertz CT molecular complexity index is 925. The fraction of sp³-hybridized carbons (Fsp3) is 0.250. The lowest BCUT2D eigenvalue weighted by molar-refractivity contribution is -0.114. The molecule has 1 aromatic carbocycles. The fourth-order valence-electron chi connectivity index (χ4n) is 2.52. The zero-order chi connectivity index (χ0) is 17.6. The number of halogens is 1. The Hall–Kier alpha value is -1.90. The number of Topliss-reactive ketones (excluding diaryl/α,β-unsaturated/α-hetero) is 1. The van der Waals surface area contributed by atoms with E-state index in [0.29, 0.717) is 32.0 Å². The first-order valence-corrected chi connectivity index (χ1v) is 9.51. The van der Waals surface area contributed by atoms with E-state index in [1.165, 1.54) is 11.3 Å². The van der Waals surface area contributed by atoms with Gasteiger partial charge in [0.05, 0.1) is 15.0 Å². The summed E-state index contributed by atoms with van der Waals surface area (Å²) in [6.45, 7) is 2.14. The number of ether oxygens (including phenoxy) is 2. The first-order chi connectivity index (χ1) is 12.1. The second-order valence-corrected chi connectivity index (χ2v) is 7.97. The van der Waals surface area contributed by atoms with Crippen molar-refractivity contribution < 1.29 is 14.3 Å². The lowest BCUT2D eigenvalue weighted by Gasteiger charge is -2.03. The van der Waals surface area contributed by atoms with Crippen LogP contribution in [0.4, 0.5) is 0 Å². The molecule has 0 radical (unpaired) electrons. The van der Waals surface area contributed by atoms with Crippen LogP contribution >= 0.6 is 34.7 Å². The molecule has 0 amide bonds. The molecule has 2 aliphatic heterocycles. The van der Waals surface area contributed by atoms with E-state index >= 15 is 0 Å². The molecule has 1 atom stereocenters. The Morgan fingerprint density at radius 2 is 2.12 bits per heavy atom. The summed E-state index contributed by atoms with van der Waals surface area (Å²) in [5.41, 5.74) is 0.654. The van der Waals surface area contributed by atoms with E-state index in [1.807, 2.05) is 6.92 Å². The molecule has 2 aliphatic rings. The van der Waals surface area contributed by atoms with Gasteiger partial charge in [0.2, 0.25) is 6.79 Å². The molecule has 1 N–H and O–H groups in total. The third-order valence-electron chi connectivity index (χ3n) is 3.80. The number of benzene rings is 1. The highest BCUT2D eigenvalue weighted by molar-refractivity contribution is 8.19. The molecular weight excluding hydrogens is 382 g/mol. The topological polar surface area (TPSA) is 85.2 Å². The summed E-state index contributed by atoms with van der Waals surface area (Å²) in [6, 6.07) is 3.41. The number of thioether (sulfide) groups is 1. The number of allylic oxidation sites excluding steroid dienone is 1. The van der Waals surface area contributed by atoms with Crippen molar-refractivity contribution in [1.29, 1.82) is 5.41 Å². The SMILES string of the molecule is CCc1nnc([C@H]2C(=N)S/C(=C\c3cc4c(cc3Cl)OCO4)C2=O)s1. The van der Waals surface area contributed by atoms with Gasteiger partial charge in [-0.25, -0.2) is 0 Å². The van der Waals surface area contributed by atoms with E-state index in [-0.39, 0.29) is 17.6 Å². The number of hydrogen-bond donors (Lipinski definition) is 1. The van der Waals surface area contributed by atoms with Gasteiger partial charge in [0.1, 0.15) is 15.9 Å². The summed E-state index contributed by atoms with van der Waals surface area (Å²) < 4.78 is 10.6. The second kappa shape index (κ2) is 6.44. The summed E-state index contributed by atoms with van der Waals surface area (Å²) in [6.07, 6.45) is 2.45. The predicted octanol–water partition coefficient (Wildman–Crippen LogP) is 3.90. The molecule has 1 aromatic heterocycles. The van der Waals surface area contributed by atoms with Crippen LogP contribution in [0.1, 0.15) is 28.4 Å². The van der Waals surface area contributed by atoms with Crippen LogP contribution in [-0.2, 0) is 11.2 Å². The average molecular weight is 394 g/mol. The summed E-state index contributed by atoms with van der Waals surface area (Å²) in [5, 5.41) is 18.5. The summed E-state index contributed by atoms with van der Waals surface area (Å²) >= 11 is 8.78. The van der Waals surface area contributed by atoms with Gasteiger partial charge in [0.15, 0.2) is 17.3 Å². The van der Waals surface area contributed by atoms with Gasteiger partial charge < -0.3 is 9.47 Å². The number of ketones is 1. The quantitative estimate of drug-likeness (QED) is 0.796. The van der Waals surface area contributed by atoms with Gasteiger partial charge in [0, 0.05) is 6.07 Å². The minimum absolute atomic E-state index is 0.150. The second-order valence-electron chi connectivity index (χ2n) is 5.39. The Kier molecular flexibility index (Phi) is 4.26. The molecule has 1 saturated heterocycles. The van der Waals surface area contributed by atoms with Gasteiger partial charge >= 0.3 is 0 Å². The first kappa shape index (κ1) is 16.6. The molecule has 0 spiro atoms. The van der Waals surface area contributed by atoms with Crippen molar-refractivity contribution in [2.75, 3.05) is 6.79 Å². The highest BCUT2D eigenvalue weighted by Gasteiger charge is 2.39. The van der Waals surface area contributed by atoms with Crippen molar-refractivity contribution in [3.8, 4) is 11.5 Å². The van der Waals surface area contributed by atoms with Crippen LogP contribution in [0.5, 0.6) is 11.5 Å². The van der Waals surface area contributed by atoms with Crippen LogP contribution in [0, 0.1) is 5.41 Å². The lowest BCUT2D eigenvalue weighted by atomic mass is 10.0. The molecule has 0 unspecified atom stereocenters. The molecule has 4 rings (SSSR count). The van der Waals surface area contributed by atoms with Crippen LogP contribution < -0.4 is 9.47 Å². The molecule has 128 valence electrons. The molecule has 9 heteroatoms. The Labute approximate surface area is 156 Å². The number of carbonyl (C=O) groups excluding carboxylic acids is 1. The number of nitrogens with zero attached hydrogens (tertiary/aromatic N) is 2. The van der Waals surface area contributed by atoms with E-state index in [0.717, 1.165) is 23.2 Å². The van der Waals surface area contributed by atoms with Crippen molar-refractivity contribution in [3.63, 3.8) is 0 Å². The molecule has 0 saturated carbocycles. The maximum Gasteiger partial charge on any atom is 0.231 e. The number of aromatic nitrogens is 2. The van der Waals surface area contributed by atoms with Crippen molar-refractivity contribution in [1.82, 2.24) is 10.2 Å². The van der Waals surface area contributed by atoms with E-state index in [4.69, 9.17) is 26.5 Å². The van der Waals surface area contributed by atoms with E-state index < -0.39 is 5.92 Å². The first-order valence-electron chi connectivity index (χ1n) is 7.50. The number of carbonyl (C=O) groups is 1. The average Bonchev–Trinajstić information content (AvgIpc) is 3.28. The maximum atomic E-state index is 12.8. The molecule has 0 aliphatic carbocycles. The summed E-state index contributed by atoms with van der Waals surface area (Å²) in [4.78, 5) is 13.2. The molecular formula is C16H12ClN3O3S2. The Morgan fingerprint density at radius 1 is 1.36 bits per heavy atom. The van der Waals surface area contributed by atoms with Gasteiger partial charge in [-0.3, -0.25) is 10.2 Å². The van der Waals surface area contributed by atoms with Gasteiger partial charge in [-0.15, -0.1) is 21.5 Å². The van der Waals surface area contributed by atoms with E-state index in [9.17, 15) is 4.79 Å². The third-order valence-corrected chi connectivity index (χ3v) is 6.25. The Balaban J connectivity index is 1.67. The third kappa shape index (κ3) is 2.94. The monoisotopic (exact) mass is 393 g/mol. The fourth-order valence-corrected chi connectivity index (χ4v) is 4.68. The maximum absolute atomic E-state index is 12.8. The highest BCUT2D eigenvalue weighted by Crippen LogP contribution is 2.43. The largest absolute Gasteiger partial charge is 0.454 e. The molecule has 2 aromatic rings. The number of fused-ring (bicyclic) bond motifs is 1. The van der Waals surface area contributed by atoms with Gasteiger partial charge in [-0.05, 0) is 24.1 Å². The van der Waals surface area contributed by atoms with Crippen molar-refractivity contribution in [2.24, 2.45) is 0 Å². The van der Waals surface area contributed by atoms with Crippen LogP contribution in [0.3, 0.4) is 0 Å². The van der Waals surface area contributed by atoms with Crippen LogP contribution in [-0.4, -0.2) is 27.8 Å². The highest BCUT2D eigenvalue weighted by atomic mass is 35.5. The van der Waals surface area contributed by atoms with Crippen molar-refractivity contribution >= 4 is 51.6 Å². The predicted molar refractivity (Wildman–Crippen MR) is 97.9 cm³/mol. The van der Waals surface area contributed by atoms with Crippen LogP contribution in [0.25, 0.3) is 6.08 Å². The minimum Gasteiger partial charge on any atom is -0.454 e. The van der Waals surface area contributed by atoms with Gasteiger partial charge in [-0.1, -0.05) is 30.3 Å². The smallest absolute Gasteiger partial charge is 0.231 e. The van der Waals surface area contributed by atoms with Gasteiger partial charge in [-0.2, -0.15) is 0 Å². The van der Waals surface area contributed by atoms with Crippen LogP contribution in [0.15, 0.2) is 17.0 Å². The zero-order valence-electron chi connectivity index (χ0n) is 13.0. The van der Waals surface area contributed by atoms with Gasteiger partial charge in [0.25, 0.3) is 0 Å². The van der Waals surface area contributed by atoms with E-state index in [1.54, 1.807) is 18.2 Å². The van der Waals surface area contributed by atoms with Crippen LogP contribution in [0.2, 0.25) is 5.02 Å². The molecule has 6 nitrogen and oxygen atoms in total. The number of aryl methyl sites for hydroxylation is 1. The minimum atomic E-state index is -0.665. The molecule has 3 heterocycles. The summed E-state index contributed by atoms with van der Waals surface area (Å²) in [5.74, 6) is 0.364. The standard InChI is InChI=1S/C16H12ClN3O3S2/c1-2-12-19-20-16(25-12)13-14(21)11(24-15(13)18)4-7-3-9-10(5-8(7)17)23-6-22-9/h3-5,13,18H,2,6H2,1H3/b11-4-,18-15?/t13-/m1/s1. The summed E-state index contributed by atoms with van der Waals surface area (Å²) in [7, 11) is 0. The van der Waals surface area contributed by atoms with Crippen molar-refractivity contribution in [3.05, 3.63) is 37.6 Å². The Morgan fingerprint density at radius 3 is 2.84 bits per heavy atom. The zero-order valence-corrected chi connectivity index (χ0v) is 15.4. The number of hydrogen-bond acceptors (Lipinski definition) is 8. The number of nitrogens with one attached hydrogen (secondary N) is 1. The number of rotatable bonds is 3. The molecule has 1 fully saturated rings. The normalized spacial score (nSPS) is 20.7.